The molecule has 0 aliphatic heterocycles. The van der Waals surface area contributed by atoms with E-state index in [4.69, 9.17) is 5.11 Å². The molecule has 1 N–H and O–H groups in total. The SMILES string of the molecule is O=C(O)CSCCBr.c1ccc(P(c2ccccc2)c2ccccc2)cc1. The van der Waals surface area contributed by atoms with Gasteiger partial charge in [0, 0.05) is 11.1 Å². The molecule has 140 valence electrons. The number of carboxylic acids is 1. The van der Waals surface area contributed by atoms with Crippen molar-refractivity contribution < 1.29 is 9.90 Å². The summed E-state index contributed by atoms with van der Waals surface area (Å²) in [4.78, 5) is 9.84. The van der Waals surface area contributed by atoms with E-state index in [9.17, 15) is 4.79 Å². The smallest absolute Gasteiger partial charge is 0.313 e. The fourth-order valence-electron chi connectivity index (χ4n) is 2.39. The summed E-state index contributed by atoms with van der Waals surface area (Å²) in [6.07, 6.45) is 0. The number of rotatable bonds is 7. The second-order valence-electron chi connectivity index (χ2n) is 5.48. The predicted molar refractivity (Wildman–Crippen MR) is 124 cm³/mol. The highest BCUT2D eigenvalue weighted by atomic mass is 79.9. The molecule has 0 fully saturated rings. The third-order valence-corrected chi connectivity index (χ3v) is 7.80. The Morgan fingerprint density at radius 3 is 1.44 bits per heavy atom. The molecule has 0 aliphatic carbocycles. The van der Waals surface area contributed by atoms with Crippen LogP contribution in [0.15, 0.2) is 91.0 Å². The van der Waals surface area contributed by atoms with Crippen LogP contribution in [0.25, 0.3) is 0 Å². The largest absolute Gasteiger partial charge is 0.481 e. The van der Waals surface area contributed by atoms with Gasteiger partial charge in [-0.05, 0) is 23.8 Å². The summed E-state index contributed by atoms with van der Waals surface area (Å²) in [5.74, 6) is 0.341. The van der Waals surface area contributed by atoms with Crippen LogP contribution in [0.1, 0.15) is 0 Å². The fourth-order valence-corrected chi connectivity index (χ4v) is 5.81. The molecule has 0 spiro atoms. The van der Waals surface area contributed by atoms with Crippen LogP contribution in [0.5, 0.6) is 0 Å². The summed E-state index contributed by atoms with van der Waals surface area (Å²) < 4.78 is 0. The number of aliphatic carboxylic acids is 1. The van der Waals surface area contributed by atoms with E-state index in [0.29, 0.717) is 0 Å². The van der Waals surface area contributed by atoms with Crippen molar-refractivity contribution in [2.24, 2.45) is 0 Å². The van der Waals surface area contributed by atoms with Crippen molar-refractivity contribution in [2.45, 2.75) is 0 Å². The van der Waals surface area contributed by atoms with Gasteiger partial charge in [-0.25, -0.2) is 0 Å². The molecule has 3 rings (SSSR count). The normalized spacial score (nSPS) is 10.1. The molecule has 27 heavy (non-hydrogen) atoms. The second-order valence-corrected chi connectivity index (χ2v) is 9.60. The van der Waals surface area contributed by atoms with Gasteiger partial charge in [0.05, 0.1) is 5.75 Å². The van der Waals surface area contributed by atoms with E-state index in [0.717, 1.165) is 11.1 Å². The molecule has 0 bridgehead atoms. The Balaban J connectivity index is 0.000000279. The summed E-state index contributed by atoms with van der Waals surface area (Å²) in [5.41, 5.74) is 0. The first-order valence-electron chi connectivity index (χ1n) is 8.53. The average Bonchev–Trinajstić information content (AvgIpc) is 2.71. The highest BCUT2D eigenvalue weighted by molar-refractivity contribution is 9.09. The molecule has 0 aliphatic rings. The van der Waals surface area contributed by atoms with Gasteiger partial charge < -0.3 is 5.11 Å². The number of benzene rings is 3. The van der Waals surface area contributed by atoms with Crippen LogP contribution in [0.3, 0.4) is 0 Å². The summed E-state index contributed by atoms with van der Waals surface area (Å²) in [6.45, 7) is 0. The lowest BCUT2D eigenvalue weighted by Gasteiger charge is -2.18. The van der Waals surface area contributed by atoms with Gasteiger partial charge in [-0.1, -0.05) is 107 Å². The van der Waals surface area contributed by atoms with Crippen LogP contribution in [-0.4, -0.2) is 27.9 Å². The first-order valence-corrected chi connectivity index (χ1v) is 12.1. The fraction of sp³-hybridized carbons (Fsp3) is 0.136. The Morgan fingerprint density at radius 2 is 1.15 bits per heavy atom. The van der Waals surface area contributed by atoms with E-state index in [2.05, 4.69) is 107 Å². The van der Waals surface area contributed by atoms with E-state index >= 15 is 0 Å². The zero-order valence-electron chi connectivity index (χ0n) is 14.9. The van der Waals surface area contributed by atoms with E-state index in [-0.39, 0.29) is 5.75 Å². The number of hydrogen-bond donors (Lipinski definition) is 1. The maximum atomic E-state index is 9.84. The van der Waals surface area contributed by atoms with Crippen molar-refractivity contribution >= 4 is 57.5 Å². The standard InChI is InChI=1S/C18H15P.C4H7BrO2S/c1-4-10-16(11-5-1)19(17-12-6-2-7-13-17)18-14-8-3-9-15-18;5-1-2-8-3-4(6)7/h1-15H;1-3H2,(H,6,7). The van der Waals surface area contributed by atoms with Crippen molar-refractivity contribution in [1.29, 1.82) is 0 Å². The first kappa shape index (κ1) is 21.7. The third kappa shape index (κ3) is 7.88. The molecule has 2 nitrogen and oxygen atoms in total. The van der Waals surface area contributed by atoms with Crippen molar-refractivity contribution in [3.63, 3.8) is 0 Å². The van der Waals surface area contributed by atoms with Crippen molar-refractivity contribution in [2.75, 3.05) is 16.8 Å². The second kappa shape index (κ2) is 12.7. The molecular weight excluding hydrogens is 439 g/mol. The first-order chi connectivity index (χ1) is 13.2. The number of alkyl halides is 1. The number of hydrogen-bond acceptors (Lipinski definition) is 2. The van der Waals surface area contributed by atoms with Gasteiger partial charge in [-0.2, -0.15) is 0 Å². The van der Waals surface area contributed by atoms with Gasteiger partial charge in [0.2, 0.25) is 0 Å². The van der Waals surface area contributed by atoms with Gasteiger partial charge in [-0.3, -0.25) is 4.79 Å². The van der Waals surface area contributed by atoms with Gasteiger partial charge in [-0.15, -0.1) is 11.8 Å². The molecule has 0 heterocycles. The number of thioether (sulfide) groups is 1. The third-order valence-electron chi connectivity index (χ3n) is 3.49. The quantitative estimate of drug-likeness (QED) is 0.317. The van der Waals surface area contributed by atoms with Crippen molar-refractivity contribution in [1.82, 2.24) is 0 Å². The number of halogens is 1. The molecule has 0 atom stereocenters. The van der Waals surface area contributed by atoms with Gasteiger partial charge >= 0.3 is 5.97 Å². The van der Waals surface area contributed by atoms with E-state index in [1.54, 1.807) is 0 Å². The van der Waals surface area contributed by atoms with E-state index in [1.807, 2.05) is 0 Å². The summed E-state index contributed by atoms with van der Waals surface area (Å²) in [5, 5.41) is 13.2. The Morgan fingerprint density at radius 1 is 0.778 bits per heavy atom. The minimum absolute atomic E-state index is 0.214. The Labute approximate surface area is 174 Å². The minimum atomic E-state index is -0.740. The molecular formula is C22H22BrO2PS. The molecule has 3 aromatic rings. The van der Waals surface area contributed by atoms with E-state index in [1.165, 1.54) is 27.7 Å². The van der Waals surface area contributed by atoms with Crippen LogP contribution >= 0.6 is 35.6 Å². The van der Waals surface area contributed by atoms with E-state index < -0.39 is 13.9 Å². The number of carbonyl (C=O) groups is 1. The van der Waals surface area contributed by atoms with Crippen LogP contribution in [0, 0.1) is 0 Å². The zero-order chi connectivity index (χ0) is 19.3. The zero-order valence-corrected chi connectivity index (χ0v) is 18.2. The lowest BCUT2D eigenvalue weighted by molar-refractivity contribution is -0.133. The highest BCUT2D eigenvalue weighted by Gasteiger charge is 2.14. The van der Waals surface area contributed by atoms with Crippen LogP contribution < -0.4 is 15.9 Å². The lowest BCUT2D eigenvalue weighted by atomic mass is 10.4. The minimum Gasteiger partial charge on any atom is -0.481 e. The highest BCUT2D eigenvalue weighted by Crippen LogP contribution is 2.32. The Bertz CT molecular complexity index is 691. The molecule has 0 aromatic heterocycles. The van der Waals surface area contributed by atoms with Crippen molar-refractivity contribution in [3.05, 3.63) is 91.0 Å². The Hall–Kier alpha value is -1.61. The molecule has 0 unspecified atom stereocenters. The van der Waals surface area contributed by atoms with Crippen molar-refractivity contribution in [3.8, 4) is 0 Å². The predicted octanol–water partition coefficient (Wildman–Crippen LogP) is 4.64. The van der Waals surface area contributed by atoms with Crippen LogP contribution in [0.2, 0.25) is 0 Å². The Kier molecular flexibility index (Phi) is 10.2. The molecule has 0 amide bonds. The van der Waals surface area contributed by atoms with Gasteiger partial charge in [0.15, 0.2) is 0 Å². The van der Waals surface area contributed by atoms with Gasteiger partial charge in [0.25, 0.3) is 0 Å². The molecule has 0 saturated carbocycles. The summed E-state index contributed by atoms with van der Waals surface area (Å²) >= 11 is 4.60. The molecule has 0 radical (unpaired) electrons. The maximum Gasteiger partial charge on any atom is 0.313 e. The molecule has 0 saturated heterocycles. The monoisotopic (exact) mass is 460 g/mol. The molecule has 3 aromatic carbocycles. The average molecular weight is 461 g/mol. The maximum absolute atomic E-state index is 9.84. The van der Waals surface area contributed by atoms with Crippen LogP contribution in [0.4, 0.5) is 0 Å². The lowest BCUT2D eigenvalue weighted by Crippen LogP contribution is -2.20. The molecule has 5 heteroatoms. The summed E-state index contributed by atoms with van der Waals surface area (Å²) in [7, 11) is -0.446. The topological polar surface area (TPSA) is 37.3 Å². The number of carboxylic acid groups (broad SMARTS) is 1. The van der Waals surface area contributed by atoms with Crippen LogP contribution in [-0.2, 0) is 4.79 Å². The summed E-state index contributed by atoms with van der Waals surface area (Å²) in [6, 6.07) is 32.3. The van der Waals surface area contributed by atoms with Gasteiger partial charge in [0.1, 0.15) is 0 Å².